The molecule has 1 aliphatic rings. The molecule has 2 unspecified atom stereocenters. The Balaban J connectivity index is 0.00000441. The lowest BCUT2D eigenvalue weighted by atomic mass is 9.93. The van der Waals surface area contributed by atoms with E-state index >= 15 is 0 Å². The van der Waals surface area contributed by atoms with E-state index < -0.39 is 15.1 Å². The molecule has 1 amide bonds. The van der Waals surface area contributed by atoms with Crippen LogP contribution in [0.4, 0.5) is 0 Å². The average Bonchev–Trinajstić information content (AvgIpc) is 2.45. The third-order valence-electron chi connectivity index (χ3n) is 4.45. The molecule has 0 bridgehead atoms. The second kappa shape index (κ2) is 10.4. The van der Waals surface area contributed by atoms with Crippen molar-refractivity contribution in [3.63, 3.8) is 0 Å². The van der Waals surface area contributed by atoms with Crippen LogP contribution in [0.3, 0.4) is 0 Å². The first kappa shape index (κ1) is 21.7. The molecule has 1 saturated carbocycles. The maximum absolute atomic E-state index is 12.3. The monoisotopic (exact) mass is 354 g/mol. The van der Waals surface area contributed by atoms with Crippen LogP contribution in [0.1, 0.15) is 57.8 Å². The highest BCUT2D eigenvalue weighted by Gasteiger charge is 2.36. The highest BCUT2D eigenvalue weighted by molar-refractivity contribution is 7.91. The summed E-state index contributed by atoms with van der Waals surface area (Å²) in [5, 5.41) is -0.391. The maximum atomic E-state index is 12.3. The molecule has 7 heteroatoms. The first-order chi connectivity index (χ1) is 9.88. The molecule has 2 atom stereocenters. The van der Waals surface area contributed by atoms with Crippen molar-refractivity contribution in [2.45, 2.75) is 69.1 Å². The fourth-order valence-electron chi connectivity index (χ4n) is 3.16. The summed E-state index contributed by atoms with van der Waals surface area (Å²) in [6, 6.07) is -0.148. The molecule has 0 aromatic rings. The molecule has 5 nitrogen and oxygen atoms in total. The number of unbranched alkanes of at least 4 members (excludes halogenated alkanes) is 3. The summed E-state index contributed by atoms with van der Waals surface area (Å²) in [6.07, 6.45) is 9.15. The zero-order valence-corrected chi connectivity index (χ0v) is 15.4. The second-order valence-corrected chi connectivity index (χ2v) is 8.44. The zero-order valence-electron chi connectivity index (χ0n) is 13.8. The third-order valence-corrected chi connectivity index (χ3v) is 6.10. The van der Waals surface area contributed by atoms with Crippen LogP contribution in [0.2, 0.25) is 0 Å². The first-order valence-electron chi connectivity index (χ1n) is 8.02. The number of carbonyl (C=O) groups excluding carboxylic acids is 1. The largest absolute Gasteiger partial charge is 0.341 e. The number of hydrogen-bond donors (Lipinski definition) is 1. The number of carbonyl (C=O) groups is 1. The van der Waals surface area contributed by atoms with Gasteiger partial charge in [0.1, 0.15) is 0 Å². The summed E-state index contributed by atoms with van der Waals surface area (Å²) < 4.78 is 23.8. The van der Waals surface area contributed by atoms with Gasteiger partial charge in [-0.1, -0.05) is 25.7 Å². The highest BCUT2D eigenvalue weighted by Crippen LogP contribution is 2.28. The van der Waals surface area contributed by atoms with E-state index in [2.05, 4.69) is 0 Å². The van der Waals surface area contributed by atoms with Crippen LogP contribution in [0.15, 0.2) is 0 Å². The molecule has 22 heavy (non-hydrogen) atoms. The Morgan fingerprint density at radius 3 is 2.32 bits per heavy atom. The van der Waals surface area contributed by atoms with Crippen molar-refractivity contribution in [2.24, 2.45) is 5.73 Å². The predicted octanol–water partition coefficient (Wildman–Crippen LogP) is 2.13. The lowest BCUT2D eigenvalue weighted by Crippen LogP contribution is -2.49. The number of sulfone groups is 1. The molecule has 1 rings (SSSR count). The Morgan fingerprint density at radius 1 is 1.14 bits per heavy atom. The van der Waals surface area contributed by atoms with E-state index in [0.717, 1.165) is 44.9 Å². The Morgan fingerprint density at radius 2 is 1.73 bits per heavy atom. The van der Waals surface area contributed by atoms with E-state index in [0.29, 0.717) is 19.4 Å². The van der Waals surface area contributed by atoms with Gasteiger partial charge in [-0.2, -0.15) is 0 Å². The fourth-order valence-corrected chi connectivity index (χ4v) is 4.64. The molecule has 132 valence electrons. The molecule has 0 heterocycles. The Labute approximate surface area is 141 Å². The summed E-state index contributed by atoms with van der Waals surface area (Å²) in [6.45, 7) is 0.700. The highest BCUT2D eigenvalue weighted by atomic mass is 35.5. The minimum absolute atomic E-state index is 0. The lowest BCUT2D eigenvalue weighted by molar-refractivity contribution is -0.132. The van der Waals surface area contributed by atoms with Crippen molar-refractivity contribution in [1.82, 2.24) is 4.90 Å². The van der Waals surface area contributed by atoms with Crippen LogP contribution in [0.25, 0.3) is 0 Å². The minimum atomic E-state index is -3.09. The van der Waals surface area contributed by atoms with E-state index in [9.17, 15) is 13.2 Å². The van der Waals surface area contributed by atoms with Gasteiger partial charge in [-0.25, -0.2) is 8.42 Å². The summed E-state index contributed by atoms with van der Waals surface area (Å²) in [7, 11) is -1.33. The van der Waals surface area contributed by atoms with Gasteiger partial charge >= 0.3 is 0 Å². The van der Waals surface area contributed by atoms with Gasteiger partial charge in [-0.15, -0.1) is 12.4 Å². The molecule has 0 radical (unpaired) electrons. The van der Waals surface area contributed by atoms with Crippen LogP contribution in [0.5, 0.6) is 0 Å². The van der Waals surface area contributed by atoms with Crippen molar-refractivity contribution >= 4 is 28.2 Å². The Hall–Kier alpha value is -0.330. The van der Waals surface area contributed by atoms with Gasteiger partial charge in [0.25, 0.3) is 0 Å². The molecule has 0 aliphatic heterocycles. The van der Waals surface area contributed by atoms with Gasteiger partial charge in [0, 0.05) is 25.8 Å². The van der Waals surface area contributed by atoms with Gasteiger partial charge < -0.3 is 10.6 Å². The summed E-state index contributed by atoms with van der Waals surface area (Å²) in [5.74, 6) is 0.0725. The number of halogens is 1. The molecule has 0 aromatic carbocycles. The number of nitrogens with zero attached hydrogens (tertiary/aromatic N) is 1. The van der Waals surface area contributed by atoms with E-state index in [1.165, 1.54) is 6.26 Å². The standard InChI is InChI=1S/C15H30N2O3S.ClH/c1-17(15(18)11-5-3-4-8-12-16)13-9-6-7-10-14(13)21(2,19)20;/h13-14H,3-12,16H2,1-2H3;1H. The minimum Gasteiger partial charge on any atom is -0.341 e. The van der Waals surface area contributed by atoms with Crippen molar-refractivity contribution in [2.75, 3.05) is 19.8 Å². The van der Waals surface area contributed by atoms with E-state index in [1.54, 1.807) is 11.9 Å². The molecule has 1 aliphatic carbocycles. The van der Waals surface area contributed by atoms with Gasteiger partial charge in [0.15, 0.2) is 9.84 Å². The van der Waals surface area contributed by atoms with Gasteiger partial charge in [-0.05, 0) is 32.2 Å². The predicted molar refractivity (Wildman–Crippen MR) is 93.0 cm³/mol. The van der Waals surface area contributed by atoms with Crippen molar-refractivity contribution in [3.8, 4) is 0 Å². The maximum Gasteiger partial charge on any atom is 0.222 e. The van der Waals surface area contributed by atoms with Gasteiger partial charge in [-0.3, -0.25) is 4.79 Å². The Kier molecular flexibility index (Phi) is 10.3. The van der Waals surface area contributed by atoms with Crippen LogP contribution in [-0.2, 0) is 14.6 Å². The smallest absolute Gasteiger partial charge is 0.222 e. The zero-order chi connectivity index (χ0) is 15.9. The average molecular weight is 355 g/mol. The SMILES string of the molecule is CN(C(=O)CCCCCCN)C1CCCCC1S(C)(=O)=O.Cl. The normalized spacial score (nSPS) is 22.0. The number of rotatable bonds is 8. The molecular weight excluding hydrogens is 324 g/mol. The number of amides is 1. The summed E-state index contributed by atoms with van der Waals surface area (Å²) in [4.78, 5) is 13.9. The van der Waals surface area contributed by atoms with Crippen LogP contribution < -0.4 is 5.73 Å². The molecule has 0 aromatic heterocycles. The topological polar surface area (TPSA) is 80.5 Å². The van der Waals surface area contributed by atoms with Crippen molar-refractivity contribution in [3.05, 3.63) is 0 Å². The molecule has 1 fully saturated rings. The molecule has 2 N–H and O–H groups in total. The third kappa shape index (κ3) is 6.84. The fraction of sp³-hybridized carbons (Fsp3) is 0.933. The van der Waals surface area contributed by atoms with Crippen LogP contribution in [0, 0.1) is 0 Å². The lowest BCUT2D eigenvalue weighted by Gasteiger charge is -2.37. The second-order valence-electron chi connectivity index (χ2n) is 6.18. The number of hydrogen-bond acceptors (Lipinski definition) is 4. The molecule has 0 saturated heterocycles. The van der Waals surface area contributed by atoms with Crippen LogP contribution in [-0.4, -0.2) is 50.4 Å². The van der Waals surface area contributed by atoms with Crippen molar-refractivity contribution in [1.29, 1.82) is 0 Å². The number of nitrogens with two attached hydrogens (primary N) is 1. The van der Waals surface area contributed by atoms with E-state index in [4.69, 9.17) is 5.73 Å². The summed E-state index contributed by atoms with van der Waals surface area (Å²) in [5.41, 5.74) is 5.44. The van der Waals surface area contributed by atoms with Crippen LogP contribution >= 0.6 is 12.4 Å². The van der Waals surface area contributed by atoms with E-state index in [1.807, 2.05) is 0 Å². The van der Waals surface area contributed by atoms with E-state index in [-0.39, 0.29) is 24.4 Å². The van der Waals surface area contributed by atoms with Crippen molar-refractivity contribution < 1.29 is 13.2 Å². The van der Waals surface area contributed by atoms with Gasteiger partial charge in [0.2, 0.25) is 5.91 Å². The Bertz CT molecular complexity index is 429. The summed E-state index contributed by atoms with van der Waals surface area (Å²) >= 11 is 0. The van der Waals surface area contributed by atoms with Gasteiger partial charge in [0.05, 0.1) is 5.25 Å². The first-order valence-corrected chi connectivity index (χ1v) is 9.98. The molecular formula is C15H31ClN2O3S. The quantitative estimate of drug-likeness (QED) is 0.677. The molecule has 0 spiro atoms.